The van der Waals surface area contributed by atoms with Crippen molar-refractivity contribution in [3.63, 3.8) is 0 Å². The number of ether oxygens (including phenoxy) is 2. The molecule has 0 aliphatic carbocycles. The van der Waals surface area contributed by atoms with E-state index >= 15 is 0 Å². The third-order valence-corrected chi connectivity index (χ3v) is 5.61. The normalized spacial score (nSPS) is 14.5. The SMILES string of the molecule is COc1cc(-n2c(O)ccc2O)ccc1OCCCN1CCN(c2ccccc2)CC1. The van der Waals surface area contributed by atoms with Gasteiger partial charge in [-0.1, -0.05) is 18.2 Å². The maximum atomic E-state index is 9.92. The van der Waals surface area contributed by atoms with Gasteiger partial charge in [0.05, 0.1) is 19.4 Å². The summed E-state index contributed by atoms with van der Waals surface area (Å²) in [6.45, 7) is 5.77. The molecule has 1 aliphatic rings. The maximum Gasteiger partial charge on any atom is 0.198 e. The summed E-state index contributed by atoms with van der Waals surface area (Å²) in [6, 6.07) is 18.7. The molecule has 0 atom stereocenters. The number of piperazine rings is 1. The first-order chi connectivity index (χ1) is 15.2. The molecule has 0 unspecified atom stereocenters. The molecule has 31 heavy (non-hydrogen) atoms. The molecule has 164 valence electrons. The van der Waals surface area contributed by atoms with Crippen molar-refractivity contribution in [1.29, 1.82) is 0 Å². The van der Waals surface area contributed by atoms with Crippen LogP contribution in [0.1, 0.15) is 6.42 Å². The van der Waals surface area contributed by atoms with Gasteiger partial charge in [0.25, 0.3) is 0 Å². The molecule has 1 aliphatic heterocycles. The smallest absolute Gasteiger partial charge is 0.198 e. The highest BCUT2D eigenvalue weighted by molar-refractivity contribution is 5.52. The van der Waals surface area contributed by atoms with Gasteiger partial charge in [0.1, 0.15) is 0 Å². The quantitative estimate of drug-likeness (QED) is 0.541. The van der Waals surface area contributed by atoms with Crippen molar-refractivity contribution < 1.29 is 19.7 Å². The minimum atomic E-state index is -0.0411. The number of benzene rings is 2. The highest BCUT2D eigenvalue weighted by Crippen LogP contribution is 2.33. The Hall–Kier alpha value is -3.32. The number of aromatic hydroxyl groups is 2. The zero-order valence-electron chi connectivity index (χ0n) is 17.8. The van der Waals surface area contributed by atoms with Gasteiger partial charge in [-0.05, 0) is 30.7 Å². The molecular weight excluding hydrogens is 394 g/mol. The Bertz CT molecular complexity index is 962. The van der Waals surface area contributed by atoms with Crippen molar-refractivity contribution in [2.75, 3.05) is 51.3 Å². The summed E-state index contributed by atoms with van der Waals surface area (Å²) in [5.74, 6) is 1.12. The summed E-state index contributed by atoms with van der Waals surface area (Å²) < 4.78 is 12.7. The number of methoxy groups -OCH3 is 1. The van der Waals surface area contributed by atoms with Crippen LogP contribution in [0.4, 0.5) is 5.69 Å². The van der Waals surface area contributed by atoms with Gasteiger partial charge in [-0.15, -0.1) is 0 Å². The standard InChI is InChI=1S/C24H29N3O4/c1-30-22-18-20(27-23(28)10-11-24(27)29)8-9-21(22)31-17-5-12-25-13-15-26(16-14-25)19-6-3-2-4-7-19/h2-4,6-11,18,28-29H,5,12-17H2,1H3. The largest absolute Gasteiger partial charge is 0.494 e. The second kappa shape index (κ2) is 9.66. The van der Waals surface area contributed by atoms with E-state index in [0.29, 0.717) is 23.8 Å². The van der Waals surface area contributed by atoms with Gasteiger partial charge in [0.2, 0.25) is 0 Å². The maximum absolute atomic E-state index is 9.92. The van der Waals surface area contributed by atoms with Crippen LogP contribution in [0, 0.1) is 0 Å². The van der Waals surface area contributed by atoms with Crippen molar-refractivity contribution in [3.8, 4) is 28.9 Å². The van der Waals surface area contributed by atoms with E-state index in [0.717, 1.165) is 39.1 Å². The molecule has 0 spiro atoms. The molecule has 1 aromatic heterocycles. The van der Waals surface area contributed by atoms with E-state index in [1.165, 1.54) is 22.4 Å². The lowest BCUT2D eigenvalue weighted by Crippen LogP contribution is -2.46. The number of anilines is 1. The summed E-state index contributed by atoms with van der Waals surface area (Å²) in [6.07, 6.45) is 0.926. The van der Waals surface area contributed by atoms with E-state index in [2.05, 4.69) is 40.1 Å². The first kappa shape index (κ1) is 20.9. The summed E-state index contributed by atoms with van der Waals surface area (Å²) in [5, 5.41) is 19.8. The summed E-state index contributed by atoms with van der Waals surface area (Å²) in [5.41, 5.74) is 1.89. The average molecular weight is 424 g/mol. The Morgan fingerprint density at radius 2 is 1.52 bits per heavy atom. The Morgan fingerprint density at radius 3 is 2.19 bits per heavy atom. The molecule has 4 rings (SSSR count). The topological polar surface area (TPSA) is 70.3 Å². The molecule has 0 amide bonds. The van der Waals surface area contributed by atoms with E-state index < -0.39 is 0 Å². The van der Waals surface area contributed by atoms with E-state index in [4.69, 9.17) is 9.47 Å². The minimum Gasteiger partial charge on any atom is -0.494 e. The van der Waals surface area contributed by atoms with E-state index in [1.807, 2.05) is 0 Å². The van der Waals surface area contributed by atoms with Gasteiger partial charge in [-0.2, -0.15) is 0 Å². The van der Waals surface area contributed by atoms with Crippen LogP contribution < -0.4 is 14.4 Å². The molecule has 0 radical (unpaired) electrons. The van der Waals surface area contributed by atoms with Gasteiger partial charge >= 0.3 is 0 Å². The third kappa shape index (κ3) is 4.88. The Labute approximate surface area is 182 Å². The average Bonchev–Trinajstić information content (AvgIpc) is 3.15. The predicted molar refractivity (Wildman–Crippen MR) is 121 cm³/mol. The minimum absolute atomic E-state index is 0.0411. The molecule has 7 heteroatoms. The van der Waals surface area contributed by atoms with Gasteiger partial charge in [-0.25, -0.2) is 0 Å². The Balaban J connectivity index is 1.25. The van der Waals surface area contributed by atoms with E-state index in [9.17, 15) is 10.2 Å². The zero-order valence-corrected chi connectivity index (χ0v) is 17.8. The van der Waals surface area contributed by atoms with Crippen molar-refractivity contribution in [3.05, 3.63) is 60.7 Å². The van der Waals surface area contributed by atoms with Gasteiger partial charge in [0.15, 0.2) is 23.3 Å². The van der Waals surface area contributed by atoms with Crippen LogP contribution in [0.25, 0.3) is 5.69 Å². The van der Waals surface area contributed by atoms with Crippen molar-refractivity contribution in [2.24, 2.45) is 0 Å². The molecule has 2 N–H and O–H groups in total. The molecule has 0 saturated carbocycles. The van der Waals surface area contributed by atoms with Crippen LogP contribution in [-0.4, -0.2) is 66.1 Å². The molecule has 2 aromatic carbocycles. The molecule has 1 saturated heterocycles. The number of para-hydroxylation sites is 1. The van der Waals surface area contributed by atoms with Crippen LogP contribution in [0.3, 0.4) is 0 Å². The molecule has 0 bridgehead atoms. The van der Waals surface area contributed by atoms with E-state index in [1.54, 1.807) is 25.3 Å². The zero-order chi connectivity index (χ0) is 21.6. The predicted octanol–water partition coefficient (Wildman–Crippen LogP) is 3.49. The Kier molecular flexibility index (Phi) is 6.52. The van der Waals surface area contributed by atoms with Crippen LogP contribution in [0.2, 0.25) is 0 Å². The second-order valence-electron chi connectivity index (χ2n) is 7.59. The van der Waals surface area contributed by atoms with Crippen LogP contribution in [0.15, 0.2) is 60.7 Å². The van der Waals surface area contributed by atoms with Crippen molar-refractivity contribution in [2.45, 2.75) is 6.42 Å². The number of nitrogens with zero attached hydrogens (tertiary/aromatic N) is 3. The number of hydrogen-bond acceptors (Lipinski definition) is 6. The van der Waals surface area contributed by atoms with Gasteiger partial charge in [0, 0.05) is 56.6 Å². The van der Waals surface area contributed by atoms with Crippen molar-refractivity contribution >= 4 is 5.69 Å². The monoisotopic (exact) mass is 423 g/mol. The highest BCUT2D eigenvalue weighted by atomic mass is 16.5. The van der Waals surface area contributed by atoms with Crippen LogP contribution in [-0.2, 0) is 0 Å². The molecular formula is C24H29N3O4. The summed E-state index contributed by atoms with van der Waals surface area (Å²) in [4.78, 5) is 4.90. The highest BCUT2D eigenvalue weighted by Gasteiger charge is 2.17. The fraction of sp³-hybridized carbons (Fsp3) is 0.333. The van der Waals surface area contributed by atoms with E-state index in [-0.39, 0.29) is 11.8 Å². The second-order valence-corrected chi connectivity index (χ2v) is 7.59. The molecule has 3 aromatic rings. The summed E-state index contributed by atoms with van der Waals surface area (Å²) >= 11 is 0. The lowest BCUT2D eigenvalue weighted by Gasteiger charge is -2.36. The third-order valence-electron chi connectivity index (χ3n) is 5.61. The lowest BCUT2D eigenvalue weighted by atomic mass is 10.2. The molecule has 1 fully saturated rings. The fourth-order valence-corrected chi connectivity index (χ4v) is 3.93. The number of aromatic nitrogens is 1. The molecule has 7 nitrogen and oxygen atoms in total. The van der Waals surface area contributed by atoms with Gasteiger partial charge < -0.3 is 24.6 Å². The Morgan fingerprint density at radius 1 is 0.806 bits per heavy atom. The van der Waals surface area contributed by atoms with Crippen LogP contribution >= 0.6 is 0 Å². The van der Waals surface area contributed by atoms with Gasteiger partial charge in [-0.3, -0.25) is 9.47 Å². The lowest BCUT2D eigenvalue weighted by molar-refractivity contribution is 0.221. The fourth-order valence-electron chi connectivity index (χ4n) is 3.93. The number of rotatable bonds is 8. The number of hydrogen-bond donors (Lipinski definition) is 2. The summed E-state index contributed by atoms with van der Waals surface area (Å²) in [7, 11) is 1.58. The first-order valence-corrected chi connectivity index (χ1v) is 10.6. The van der Waals surface area contributed by atoms with Crippen molar-refractivity contribution in [1.82, 2.24) is 9.47 Å². The van der Waals surface area contributed by atoms with Crippen LogP contribution in [0.5, 0.6) is 23.3 Å². The molecule has 2 heterocycles. The first-order valence-electron chi connectivity index (χ1n) is 10.6.